The molecule has 1 aromatic heterocycles. The Hall–Kier alpha value is -2.42. The summed E-state index contributed by atoms with van der Waals surface area (Å²) in [6.45, 7) is 0. The Kier molecular flexibility index (Phi) is 2.45. The van der Waals surface area contributed by atoms with Crippen molar-refractivity contribution in [1.29, 1.82) is 0 Å². The summed E-state index contributed by atoms with van der Waals surface area (Å²) in [7, 11) is 0. The number of halogens is 1. The van der Waals surface area contributed by atoms with Crippen molar-refractivity contribution in [3.8, 4) is 11.1 Å². The second-order valence-electron chi connectivity index (χ2n) is 4.12. The van der Waals surface area contributed by atoms with E-state index in [1.165, 1.54) is 12.1 Å². The number of hydrogen-bond donors (Lipinski definition) is 1. The van der Waals surface area contributed by atoms with Crippen LogP contribution in [0.2, 0.25) is 0 Å². The summed E-state index contributed by atoms with van der Waals surface area (Å²) in [5.74, 6) is 0.200. The molecule has 0 aliphatic rings. The van der Waals surface area contributed by atoms with Gasteiger partial charge in [0, 0.05) is 10.9 Å². The first-order chi connectivity index (χ1) is 8.74. The van der Waals surface area contributed by atoms with Crippen molar-refractivity contribution in [2.45, 2.75) is 0 Å². The normalized spacial score (nSPS) is 10.7. The molecule has 0 aliphatic heterocycles. The van der Waals surface area contributed by atoms with E-state index in [2.05, 4.69) is 4.98 Å². The largest absolute Gasteiger partial charge is 0.383 e. The molecule has 0 saturated heterocycles. The van der Waals surface area contributed by atoms with Crippen molar-refractivity contribution in [3.63, 3.8) is 0 Å². The summed E-state index contributed by atoms with van der Waals surface area (Å²) < 4.78 is 12.9. The number of anilines is 1. The molecule has 0 unspecified atom stereocenters. The lowest BCUT2D eigenvalue weighted by molar-refractivity contribution is 0.628. The van der Waals surface area contributed by atoms with E-state index in [-0.39, 0.29) is 5.82 Å². The number of nitrogens with zero attached hydrogens (tertiary/aromatic N) is 1. The Balaban J connectivity index is 2.22. The highest BCUT2D eigenvalue weighted by atomic mass is 19.1. The SMILES string of the molecule is Nc1nc2ccccc2cc1-c1ccc(F)cc1. The molecule has 0 saturated carbocycles. The lowest BCUT2D eigenvalue weighted by Crippen LogP contribution is -1.95. The van der Waals surface area contributed by atoms with Gasteiger partial charge in [0.05, 0.1) is 5.52 Å². The number of hydrogen-bond acceptors (Lipinski definition) is 2. The molecule has 88 valence electrons. The van der Waals surface area contributed by atoms with Crippen LogP contribution in [0.1, 0.15) is 0 Å². The zero-order chi connectivity index (χ0) is 12.5. The number of para-hydroxylation sites is 1. The van der Waals surface area contributed by atoms with Gasteiger partial charge in [-0.25, -0.2) is 9.37 Å². The maximum Gasteiger partial charge on any atom is 0.131 e. The summed E-state index contributed by atoms with van der Waals surface area (Å²) in [4.78, 5) is 4.36. The number of fused-ring (bicyclic) bond motifs is 1. The van der Waals surface area contributed by atoms with Gasteiger partial charge in [0.25, 0.3) is 0 Å². The molecule has 0 spiro atoms. The van der Waals surface area contributed by atoms with E-state index in [4.69, 9.17) is 5.73 Å². The first kappa shape index (κ1) is 10.7. The van der Waals surface area contributed by atoms with E-state index in [9.17, 15) is 4.39 Å². The monoisotopic (exact) mass is 238 g/mol. The van der Waals surface area contributed by atoms with Gasteiger partial charge in [-0.05, 0) is 29.8 Å². The van der Waals surface area contributed by atoms with Crippen LogP contribution in [0, 0.1) is 5.82 Å². The van der Waals surface area contributed by atoms with Gasteiger partial charge < -0.3 is 5.73 Å². The summed E-state index contributed by atoms with van der Waals surface area (Å²) >= 11 is 0. The minimum Gasteiger partial charge on any atom is -0.383 e. The van der Waals surface area contributed by atoms with Crippen LogP contribution in [-0.2, 0) is 0 Å². The van der Waals surface area contributed by atoms with Crippen molar-refractivity contribution in [2.24, 2.45) is 0 Å². The smallest absolute Gasteiger partial charge is 0.131 e. The molecule has 3 heteroatoms. The third-order valence-corrected chi connectivity index (χ3v) is 2.91. The molecule has 0 bridgehead atoms. The third-order valence-electron chi connectivity index (χ3n) is 2.91. The Bertz CT molecular complexity index is 705. The average Bonchev–Trinajstić information content (AvgIpc) is 2.39. The topological polar surface area (TPSA) is 38.9 Å². The van der Waals surface area contributed by atoms with Gasteiger partial charge >= 0.3 is 0 Å². The molecule has 0 amide bonds. The minimum atomic E-state index is -0.258. The molecule has 3 aromatic rings. The van der Waals surface area contributed by atoms with Gasteiger partial charge in [0.15, 0.2) is 0 Å². The van der Waals surface area contributed by atoms with E-state index in [0.717, 1.165) is 22.0 Å². The average molecular weight is 238 g/mol. The molecule has 0 aliphatic carbocycles. The fourth-order valence-electron chi connectivity index (χ4n) is 1.99. The van der Waals surface area contributed by atoms with E-state index < -0.39 is 0 Å². The van der Waals surface area contributed by atoms with Crippen LogP contribution < -0.4 is 5.73 Å². The lowest BCUT2D eigenvalue weighted by Gasteiger charge is -2.07. The van der Waals surface area contributed by atoms with E-state index in [1.807, 2.05) is 30.3 Å². The third kappa shape index (κ3) is 1.80. The Morgan fingerprint density at radius 2 is 1.67 bits per heavy atom. The van der Waals surface area contributed by atoms with Gasteiger partial charge in [-0.15, -0.1) is 0 Å². The fourth-order valence-corrected chi connectivity index (χ4v) is 1.99. The summed E-state index contributed by atoms with van der Waals surface area (Å²) in [5.41, 5.74) is 8.51. The van der Waals surface area contributed by atoms with Gasteiger partial charge in [0.2, 0.25) is 0 Å². The number of aromatic nitrogens is 1. The minimum absolute atomic E-state index is 0.258. The zero-order valence-electron chi connectivity index (χ0n) is 9.60. The molecular formula is C15H11FN2. The molecule has 18 heavy (non-hydrogen) atoms. The predicted octanol–water partition coefficient (Wildman–Crippen LogP) is 3.62. The Labute approximate surface area is 104 Å². The van der Waals surface area contributed by atoms with E-state index in [0.29, 0.717) is 5.82 Å². The van der Waals surface area contributed by atoms with E-state index in [1.54, 1.807) is 12.1 Å². The van der Waals surface area contributed by atoms with Crippen LogP contribution in [0.25, 0.3) is 22.0 Å². The van der Waals surface area contributed by atoms with E-state index >= 15 is 0 Å². The second-order valence-corrected chi connectivity index (χ2v) is 4.12. The van der Waals surface area contributed by atoms with Crippen LogP contribution in [0.3, 0.4) is 0 Å². The maximum atomic E-state index is 12.9. The van der Waals surface area contributed by atoms with Crippen molar-refractivity contribution < 1.29 is 4.39 Å². The molecule has 0 radical (unpaired) electrons. The standard InChI is InChI=1S/C15H11FN2/c16-12-7-5-10(6-8-12)13-9-11-3-1-2-4-14(11)18-15(13)17/h1-9H,(H2,17,18). The first-order valence-electron chi connectivity index (χ1n) is 5.65. The van der Waals surface area contributed by atoms with Gasteiger partial charge in [0.1, 0.15) is 11.6 Å². The Morgan fingerprint density at radius 3 is 2.44 bits per heavy atom. The number of rotatable bonds is 1. The van der Waals surface area contributed by atoms with Crippen LogP contribution in [0.5, 0.6) is 0 Å². The zero-order valence-corrected chi connectivity index (χ0v) is 9.60. The summed E-state index contributed by atoms with van der Waals surface area (Å²) in [6, 6.07) is 16.0. The Morgan fingerprint density at radius 1 is 0.944 bits per heavy atom. The van der Waals surface area contributed by atoms with Crippen molar-refractivity contribution in [1.82, 2.24) is 4.98 Å². The van der Waals surface area contributed by atoms with Crippen LogP contribution in [0.4, 0.5) is 10.2 Å². The summed E-state index contributed by atoms with van der Waals surface area (Å²) in [5, 5.41) is 1.02. The van der Waals surface area contributed by atoms with Crippen LogP contribution >= 0.6 is 0 Å². The fraction of sp³-hybridized carbons (Fsp3) is 0. The number of pyridine rings is 1. The molecule has 0 atom stereocenters. The summed E-state index contributed by atoms with van der Waals surface area (Å²) in [6.07, 6.45) is 0. The highest BCUT2D eigenvalue weighted by Crippen LogP contribution is 2.28. The molecule has 2 aromatic carbocycles. The van der Waals surface area contributed by atoms with Crippen LogP contribution in [0.15, 0.2) is 54.6 Å². The molecule has 3 rings (SSSR count). The lowest BCUT2D eigenvalue weighted by atomic mass is 10.0. The number of benzene rings is 2. The molecule has 0 fully saturated rings. The van der Waals surface area contributed by atoms with Gasteiger partial charge in [-0.3, -0.25) is 0 Å². The predicted molar refractivity (Wildman–Crippen MR) is 71.5 cm³/mol. The quantitative estimate of drug-likeness (QED) is 0.703. The highest BCUT2D eigenvalue weighted by Gasteiger charge is 2.06. The molecule has 1 heterocycles. The van der Waals surface area contributed by atoms with Crippen molar-refractivity contribution in [2.75, 3.05) is 5.73 Å². The van der Waals surface area contributed by atoms with Crippen molar-refractivity contribution >= 4 is 16.7 Å². The maximum absolute atomic E-state index is 12.9. The van der Waals surface area contributed by atoms with Gasteiger partial charge in [-0.1, -0.05) is 30.3 Å². The first-order valence-corrected chi connectivity index (χ1v) is 5.65. The number of nitrogens with two attached hydrogens (primary N) is 1. The highest BCUT2D eigenvalue weighted by molar-refractivity contribution is 5.88. The van der Waals surface area contributed by atoms with Gasteiger partial charge in [-0.2, -0.15) is 0 Å². The molecule has 2 N–H and O–H groups in total. The second kappa shape index (κ2) is 4.11. The van der Waals surface area contributed by atoms with Crippen molar-refractivity contribution in [3.05, 3.63) is 60.4 Å². The van der Waals surface area contributed by atoms with Crippen LogP contribution in [-0.4, -0.2) is 4.98 Å². The molecule has 2 nitrogen and oxygen atoms in total. The molecular weight excluding hydrogens is 227 g/mol. The number of nitrogen functional groups attached to an aromatic ring is 1.